The van der Waals surface area contributed by atoms with Gasteiger partial charge >= 0.3 is 12.8 Å². The Kier molecular flexibility index (Phi) is 6.61. The summed E-state index contributed by atoms with van der Waals surface area (Å²) in [5, 5.41) is 14.7. The molecular weight excluding hydrogens is 551 g/mol. The molecule has 0 N–H and O–H groups in total. The van der Waals surface area contributed by atoms with Crippen LogP contribution in [-0.2, 0) is 0 Å². The fourth-order valence-electron chi connectivity index (χ4n) is 3.29. The van der Waals surface area contributed by atoms with Crippen LogP contribution in [0.5, 0.6) is 0 Å². The quantitative estimate of drug-likeness (QED) is 0.462. The van der Waals surface area contributed by atoms with Crippen LogP contribution in [-0.4, -0.2) is 37.1 Å². The number of hydrogen-bond acceptors (Lipinski definition) is 4. The van der Waals surface area contributed by atoms with Gasteiger partial charge in [-0.3, -0.25) is 0 Å². The second kappa shape index (κ2) is 8.48. The summed E-state index contributed by atoms with van der Waals surface area (Å²) >= 11 is 11.0. The predicted octanol–water partition coefficient (Wildman–Crippen LogP) is 4.86. The monoisotopic (exact) mass is 573 g/mol. The van der Waals surface area contributed by atoms with Gasteiger partial charge in [0.05, 0.1) is 20.3 Å². The van der Waals surface area contributed by atoms with Gasteiger partial charge in [-0.15, -0.1) is 0 Å². The number of hydrazone groups is 1. The highest BCUT2D eigenvalue weighted by molar-refractivity contribution is 9.12. The molecule has 6 nitrogen and oxygen atoms in total. The molecule has 0 aliphatic carbocycles. The van der Waals surface area contributed by atoms with E-state index in [1.54, 1.807) is 0 Å². The topological polar surface area (TPSA) is 53.0 Å². The van der Waals surface area contributed by atoms with Crippen molar-refractivity contribution in [3.63, 3.8) is 0 Å². The summed E-state index contributed by atoms with van der Waals surface area (Å²) in [6, 6.07) is 0. The summed E-state index contributed by atoms with van der Waals surface area (Å²) in [5.41, 5.74) is 3.09. The lowest BCUT2D eigenvalue weighted by molar-refractivity contribution is 0.511. The van der Waals surface area contributed by atoms with Crippen LogP contribution in [0.3, 0.4) is 0 Å². The summed E-state index contributed by atoms with van der Waals surface area (Å²) in [4.78, 5) is 1.99. The molecule has 151 valence electrons. The Morgan fingerprint density at radius 1 is 0.821 bits per heavy atom. The maximum Gasteiger partial charge on any atom is 0.374 e. The molecule has 0 saturated heterocycles. The second-order valence-corrected chi connectivity index (χ2v) is 10.7. The van der Waals surface area contributed by atoms with Crippen LogP contribution >= 0.6 is 47.8 Å². The van der Waals surface area contributed by atoms with Gasteiger partial charge in [-0.1, -0.05) is 41.5 Å². The Labute approximate surface area is 192 Å². The fraction of sp³-hybridized carbons (Fsp3) is 0.500. The van der Waals surface area contributed by atoms with Crippen LogP contribution in [0.2, 0.25) is 0 Å². The third-order valence-corrected chi connectivity index (χ3v) is 6.57. The molecular formula is C18H25BBr3N6. The SMILES string of the molecule is CC(C)C1=[N+]N([BH-](n2cc(Br)c(C(C)C)n2)n2cc(Br)c(C(C)C)n2)C=C1Br. The average molecular weight is 576 g/mol. The van der Waals surface area contributed by atoms with Crippen LogP contribution < -0.4 is 5.10 Å². The lowest BCUT2D eigenvalue weighted by Crippen LogP contribution is -2.49. The van der Waals surface area contributed by atoms with Crippen molar-refractivity contribution in [1.82, 2.24) is 29.4 Å². The first-order valence-electron chi connectivity index (χ1n) is 9.51. The fourth-order valence-corrected chi connectivity index (χ4v) is 5.61. The highest BCUT2D eigenvalue weighted by atomic mass is 79.9. The van der Waals surface area contributed by atoms with E-state index in [4.69, 9.17) is 15.3 Å². The lowest BCUT2D eigenvalue weighted by atomic mass is 9.94. The third-order valence-electron chi connectivity index (χ3n) is 4.74. The highest BCUT2D eigenvalue weighted by Gasteiger charge is 2.35. The van der Waals surface area contributed by atoms with E-state index in [1.165, 1.54) is 0 Å². The molecule has 3 rings (SSSR count). The zero-order valence-corrected chi connectivity index (χ0v) is 21.7. The first-order valence-corrected chi connectivity index (χ1v) is 11.9. The summed E-state index contributed by atoms with van der Waals surface area (Å²) < 4.78 is 7.00. The van der Waals surface area contributed by atoms with E-state index < -0.39 is 7.12 Å². The molecule has 0 amide bonds. The minimum Gasteiger partial charge on any atom is -0.399 e. The maximum atomic E-state index is 4.88. The molecule has 2 aromatic heterocycles. The van der Waals surface area contributed by atoms with Crippen molar-refractivity contribution in [1.29, 1.82) is 0 Å². The Hall–Kier alpha value is -0.865. The molecule has 0 spiro atoms. The van der Waals surface area contributed by atoms with Gasteiger partial charge in [-0.2, -0.15) is 0 Å². The van der Waals surface area contributed by atoms with Crippen molar-refractivity contribution >= 4 is 60.6 Å². The van der Waals surface area contributed by atoms with Gasteiger partial charge in [0.15, 0.2) is 0 Å². The number of allylic oxidation sites excluding steroid dienone is 1. The standard InChI is InChI=1S/C18H25BBr3N6/c1-10(2)16-13(20)7-26(23-16)19(27-8-14(21)17(24-27)11(3)4)28-9-15(22)18(25-28)12(5)6/h7-12,19H,1-6H3. The van der Waals surface area contributed by atoms with Crippen molar-refractivity contribution in [2.24, 2.45) is 5.92 Å². The highest BCUT2D eigenvalue weighted by Crippen LogP contribution is 2.27. The van der Waals surface area contributed by atoms with Gasteiger partial charge in [-0.25, -0.2) is 15.1 Å². The van der Waals surface area contributed by atoms with Crippen molar-refractivity contribution in [3.8, 4) is 0 Å². The number of halogens is 3. The van der Waals surface area contributed by atoms with E-state index in [1.807, 2.05) is 32.7 Å². The molecule has 1 aliphatic rings. The Bertz CT molecular complexity index is 876. The summed E-state index contributed by atoms with van der Waals surface area (Å²) in [6.45, 7) is 12.9. The summed E-state index contributed by atoms with van der Waals surface area (Å²) in [6.07, 6.45) is 6.10. The first-order chi connectivity index (χ1) is 13.1. The van der Waals surface area contributed by atoms with Gasteiger partial charge in [0, 0.05) is 12.1 Å². The lowest BCUT2D eigenvalue weighted by Gasteiger charge is -2.26. The van der Waals surface area contributed by atoms with Crippen LogP contribution in [0.4, 0.5) is 0 Å². The van der Waals surface area contributed by atoms with Crippen LogP contribution in [0.1, 0.15) is 64.8 Å². The molecule has 0 fully saturated rings. The van der Waals surface area contributed by atoms with Crippen LogP contribution in [0, 0.1) is 5.92 Å². The molecule has 1 aliphatic heterocycles. The molecule has 0 unspecified atom stereocenters. The van der Waals surface area contributed by atoms with Crippen molar-refractivity contribution < 1.29 is 0 Å². The molecule has 0 atom stereocenters. The van der Waals surface area contributed by atoms with Gasteiger partial charge in [0.25, 0.3) is 0 Å². The third kappa shape index (κ3) is 4.19. The number of hydrogen-bond donors (Lipinski definition) is 0. The molecule has 0 bridgehead atoms. The van der Waals surface area contributed by atoms with E-state index in [9.17, 15) is 0 Å². The Balaban J connectivity index is 2.13. The number of aromatic nitrogens is 4. The Morgan fingerprint density at radius 3 is 1.61 bits per heavy atom. The van der Waals surface area contributed by atoms with Gasteiger partial charge < -0.3 is 9.19 Å². The van der Waals surface area contributed by atoms with E-state index in [0.29, 0.717) is 17.8 Å². The molecule has 0 saturated carbocycles. The number of rotatable bonds is 6. The van der Waals surface area contributed by atoms with E-state index >= 15 is 0 Å². The average Bonchev–Trinajstić information content (AvgIpc) is 3.26. The van der Waals surface area contributed by atoms with E-state index in [2.05, 4.69) is 89.3 Å². The molecule has 10 heteroatoms. The minimum atomic E-state index is -1.42. The van der Waals surface area contributed by atoms with Gasteiger partial charge in [0.2, 0.25) is 0 Å². The van der Waals surface area contributed by atoms with Gasteiger partial charge in [0.1, 0.15) is 9.58 Å². The van der Waals surface area contributed by atoms with Crippen molar-refractivity contribution in [2.45, 2.75) is 53.4 Å². The normalized spacial score (nSPS) is 14.8. The van der Waals surface area contributed by atoms with Crippen molar-refractivity contribution in [2.75, 3.05) is 0 Å². The van der Waals surface area contributed by atoms with Crippen molar-refractivity contribution in [3.05, 3.63) is 43.4 Å². The van der Waals surface area contributed by atoms with E-state index in [0.717, 1.165) is 30.5 Å². The predicted molar refractivity (Wildman–Crippen MR) is 127 cm³/mol. The zero-order valence-electron chi connectivity index (χ0n) is 17.0. The largest absolute Gasteiger partial charge is 0.399 e. The Morgan fingerprint density at radius 2 is 1.29 bits per heavy atom. The van der Waals surface area contributed by atoms with Crippen LogP contribution in [0.15, 0.2) is 32.0 Å². The van der Waals surface area contributed by atoms with E-state index in [-0.39, 0.29) is 0 Å². The molecule has 1 radical (unpaired) electrons. The number of nitrogens with zero attached hydrogens (tertiary/aromatic N) is 6. The zero-order chi connectivity index (χ0) is 20.7. The van der Waals surface area contributed by atoms with Gasteiger partial charge in [-0.05, 0) is 72.0 Å². The smallest absolute Gasteiger partial charge is 0.374 e. The first kappa shape index (κ1) is 21.8. The second-order valence-electron chi connectivity index (χ2n) is 8.09. The molecule has 3 heterocycles. The van der Waals surface area contributed by atoms with Crippen LogP contribution in [0.25, 0.3) is 0 Å². The molecule has 0 aromatic carbocycles. The minimum absolute atomic E-state index is 0.321. The molecule has 28 heavy (non-hydrogen) atoms. The molecule has 2 aromatic rings. The maximum absolute atomic E-state index is 4.88. The summed E-state index contributed by atoms with van der Waals surface area (Å²) in [5.74, 6) is 0.963. The summed E-state index contributed by atoms with van der Waals surface area (Å²) in [7, 11) is -1.42.